The average Bonchev–Trinajstić information content (AvgIpc) is 2.40. The molecule has 0 fully saturated rings. The molecule has 2 aromatic carbocycles. The second-order valence-electron chi connectivity index (χ2n) is 4.45. The van der Waals surface area contributed by atoms with Crippen molar-refractivity contribution in [1.29, 1.82) is 0 Å². The first-order valence-corrected chi connectivity index (χ1v) is 8.19. The monoisotopic (exact) mass is 369 g/mol. The van der Waals surface area contributed by atoms with Crippen molar-refractivity contribution >= 4 is 37.6 Å². The Morgan fingerprint density at radius 1 is 1.14 bits per heavy atom. The zero-order chi connectivity index (χ0) is 15.6. The molecule has 0 saturated heterocycles. The average molecular weight is 370 g/mol. The highest BCUT2D eigenvalue weighted by Crippen LogP contribution is 2.20. The summed E-state index contributed by atoms with van der Waals surface area (Å²) < 4.78 is 27.8. The third-order valence-electron chi connectivity index (χ3n) is 2.70. The van der Waals surface area contributed by atoms with Gasteiger partial charge in [0.1, 0.15) is 0 Å². The zero-order valence-corrected chi connectivity index (χ0v) is 13.4. The van der Waals surface area contributed by atoms with Crippen LogP contribution in [0.4, 0.5) is 5.69 Å². The Labute approximate surface area is 130 Å². The van der Waals surface area contributed by atoms with E-state index in [1.807, 2.05) is 0 Å². The van der Waals surface area contributed by atoms with Gasteiger partial charge in [-0.05, 0) is 55.0 Å². The molecular formula is C14H12BrNO4S. The maximum absolute atomic E-state index is 12.3. The van der Waals surface area contributed by atoms with Crippen LogP contribution in [0, 0.1) is 6.92 Å². The number of carbonyl (C=O) groups is 1. The van der Waals surface area contributed by atoms with Crippen LogP contribution in [-0.4, -0.2) is 19.5 Å². The Morgan fingerprint density at radius 3 is 2.33 bits per heavy atom. The van der Waals surface area contributed by atoms with E-state index in [9.17, 15) is 13.2 Å². The molecule has 0 amide bonds. The van der Waals surface area contributed by atoms with Gasteiger partial charge < -0.3 is 5.11 Å². The highest BCUT2D eigenvalue weighted by Gasteiger charge is 2.17. The standard InChI is InChI=1S/C14H12BrNO4S/c1-9-6-10(14(17)18)8-13(7-9)21(19,20)16-12-4-2-11(15)3-5-12/h2-8,16H,1H3,(H,17,18). The van der Waals surface area contributed by atoms with Crippen LogP contribution in [0.5, 0.6) is 0 Å². The molecule has 2 N–H and O–H groups in total. The fourth-order valence-electron chi connectivity index (χ4n) is 1.76. The number of sulfonamides is 1. The summed E-state index contributed by atoms with van der Waals surface area (Å²) >= 11 is 3.26. The van der Waals surface area contributed by atoms with Crippen molar-refractivity contribution in [3.05, 3.63) is 58.1 Å². The molecule has 2 aromatic rings. The number of anilines is 1. The molecule has 21 heavy (non-hydrogen) atoms. The van der Waals surface area contributed by atoms with E-state index in [0.717, 1.165) is 10.5 Å². The van der Waals surface area contributed by atoms with Gasteiger partial charge in [0, 0.05) is 10.2 Å². The van der Waals surface area contributed by atoms with Crippen LogP contribution in [0.1, 0.15) is 15.9 Å². The van der Waals surface area contributed by atoms with E-state index in [-0.39, 0.29) is 10.5 Å². The molecule has 0 bridgehead atoms. The summed E-state index contributed by atoms with van der Waals surface area (Å²) in [6, 6.07) is 10.6. The number of benzene rings is 2. The molecule has 0 radical (unpaired) electrons. The maximum atomic E-state index is 12.3. The van der Waals surface area contributed by atoms with E-state index in [1.54, 1.807) is 31.2 Å². The first kappa shape index (κ1) is 15.5. The Hall–Kier alpha value is -1.86. The summed E-state index contributed by atoms with van der Waals surface area (Å²) in [4.78, 5) is 10.9. The Balaban J connectivity index is 2.39. The zero-order valence-electron chi connectivity index (χ0n) is 11.0. The van der Waals surface area contributed by atoms with E-state index in [1.165, 1.54) is 12.1 Å². The van der Waals surface area contributed by atoms with Gasteiger partial charge in [-0.15, -0.1) is 0 Å². The van der Waals surface area contributed by atoms with E-state index >= 15 is 0 Å². The van der Waals surface area contributed by atoms with Crippen LogP contribution < -0.4 is 4.72 Å². The van der Waals surface area contributed by atoms with E-state index < -0.39 is 16.0 Å². The SMILES string of the molecule is Cc1cc(C(=O)O)cc(S(=O)(=O)Nc2ccc(Br)cc2)c1. The number of hydrogen-bond acceptors (Lipinski definition) is 3. The molecule has 0 aliphatic heterocycles. The third kappa shape index (κ3) is 3.83. The van der Waals surface area contributed by atoms with Gasteiger partial charge in [0.05, 0.1) is 10.5 Å². The third-order valence-corrected chi connectivity index (χ3v) is 4.59. The predicted octanol–water partition coefficient (Wildman–Crippen LogP) is 3.26. The summed E-state index contributed by atoms with van der Waals surface area (Å²) in [5, 5.41) is 9.00. The van der Waals surface area contributed by atoms with Crippen molar-refractivity contribution in [2.45, 2.75) is 11.8 Å². The lowest BCUT2D eigenvalue weighted by atomic mass is 10.1. The summed E-state index contributed by atoms with van der Waals surface area (Å²) in [6.07, 6.45) is 0. The second-order valence-corrected chi connectivity index (χ2v) is 7.05. The highest BCUT2D eigenvalue weighted by molar-refractivity contribution is 9.10. The van der Waals surface area contributed by atoms with Gasteiger partial charge in [0.25, 0.3) is 10.0 Å². The molecule has 2 rings (SSSR count). The van der Waals surface area contributed by atoms with Gasteiger partial charge >= 0.3 is 5.97 Å². The van der Waals surface area contributed by atoms with Gasteiger partial charge in [-0.3, -0.25) is 4.72 Å². The van der Waals surface area contributed by atoms with Crippen LogP contribution in [0.25, 0.3) is 0 Å². The molecule has 0 aliphatic carbocycles. The normalized spacial score (nSPS) is 11.1. The van der Waals surface area contributed by atoms with Crippen LogP contribution in [-0.2, 0) is 10.0 Å². The van der Waals surface area contributed by atoms with E-state index in [2.05, 4.69) is 20.7 Å². The van der Waals surface area contributed by atoms with Crippen molar-refractivity contribution in [3.8, 4) is 0 Å². The van der Waals surface area contributed by atoms with E-state index in [4.69, 9.17) is 5.11 Å². The van der Waals surface area contributed by atoms with Crippen LogP contribution >= 0.6 is 15.9 Å². The van der Waals surface area contributed by atoms with Gasteiger partial charge in [0.15, 0.2) is 0 Å². The molecule has 0 heterocycles. The topological polar surface area (TPSA) is 83.5 Å². The minimum Gasteiger partial charge on any atom is -0.478 e. The molecule has 0 spiro atoms. The number of aryl methyl sites for hydroxylation is 1. The lowest BCUT2D eigenvalue weighted by Crippen LogP contribution is -2.14. The van der Waals surface area contributed by atoms with Gasteiger partial charge in [0.2, 0.25) is 0 Å². The maximum Gasteiger partial charge on any atom is 0.335 e. The summed E-state index contributed by atoms with van der Waals surface area (Å²) in [5.74, 6) is -1.17. The second kappa shape index (κ2) is 5.87. The summed E-state index contributed by atoms with van der Waals surface area (Å²) in [5.41, 5.74) is 0.897. The number of hydrogen-bond donors (Lipinski definition) is 2. The first-order valence-electron chi connectivity index (χ1n) is 5.91. The van der Waals surface area contributed by atoms with Crippen molar-refractivity contribution < 1.29 is 18.3 Å². The number of rotatable bonds is 4. The summed E-state index contributed by atoms with van der Waals surface area (Å²) in [6.45, 7) is 1.64. The fourth-order valence-corrected chi connectivity index (χ4v) is 3.21. The van der Waals surface area contributed by atoms with Crippen LogP contribution in [0.2, 0.25) is 0 Å². The molecule has 0 aliphatic rings. The Bertz CT molecular complexity index is 785. The van der Waals surface area contributed by atoms with Crippen molar-refractivity contribution in [1.82, 2.24) is 0 Å². The van der Waals surface area contributed by atoms with Crippen LogP contribution in [0.3, 0.4) is 0 Å². The molecule has 7 heteroatoms. The summed E-state index contributed by atoms with van der Waals surface area (Å²) in [7, 11) is -3.83. The van der Waals surface area contributed by atoms with Gasteiger partial charge in [-0.2, -0.15) is 0 Å². The number of halogens is 1. The minimum atomic E-state index is -3.83. The number of carboxylic acids is 1. The lowest BCUT2D eigenvalue weighted by molar-refractivity contribution is 0.0696. The van der Waals surface area contributed by atoms with Gasteiger partial charge in [-0.1, -0.05) is 15.9 Å². The number of carboxylic acid groups (broad SMARTS) is 1. The largest absolute Gasteiger partial charge is 0.478 e. The molecular weight excluding hydrogens is 358 g/mol. The first-order chi connectivity index (χ1) is 9.78. The Morgan fingerprint density at radius 2 is 1.76 bits per heavy atom. The van der Waals surface area contributed by atoms with Crippen molar-refractivity contribution in [3.63, 3.8) is 0 Å². The number of nitrogens with one attached hydrogen (secondary N) is 1. The Kier molecular flexibility index (Phi) is 4.34. The van der Waals surface area contributed by atoms with Crippen molar-refractivity contribution in [2.24, 2.45) is 0 Å². The smallest absolute Gasteiger partial charge is 0.335 e. The minimum absolute atomic E-state index is 0.0637. The highest BCUT2D eigenvalue weighted by atomic mass is 79.9. The van der Waals surface area contributed by atoms with Gasteiger partial charge in [-0.25, -0.2) is 13.2 Å². The quantitative estimate of drug-likeness (QED) is 0.866. The fraction of sp³-hybridized carbons (Fsp3) is 0.0714. The van der Waals surface area contributed by atoms with E-state index in [0.29, 0.717) is 11.3 Å². The molecule has 0 unspecified atom stereocenters. The number of aromatic carboxylic acids is 1. The molecule has 110 valence electrons. The lowest BCUT2D eigenvalue weighted by Gasteiger charge is -2.09. The van der Waals surface area contributed by atoms with Crippen LogP contribution in [0.15, 0.2) is 51.8 Å². The molecule has 0 atom stereocenters. The molecule has 0 aromatic heterocycles. The molecule has 0 saturated carbocycles. The molecule has 5 nitrogen and oxygen atoms in total. The van der Waals surface area contributed by atoms with Crippen molar-refractivity contribution in [2.75, 3.05) is 4.72 Å². The predicted molar refractivity (Wildman–Crippen MR) is 83.1 cm³/mol.